The molecular formula is CH4BF5. The molecule has 0 atom stereocenters. The van der Waals surface area contributed by atoms with Crippen LogP contribution in [0.25, 0.3) is 0 Å². The summed E-state index contributed by atoms with van der Waals surface area (Å²) in [5.41, 5.74) is 0. The van der Waals surface area contributed by atoms with Crippen molar-refractivity contribution in [2.45, 2.75) is 6.08 Å². The van der Waals surface area contributed by atoms with E-state index in [1.165, 1.54) is 0 Å². The van der Waals surface area contributed by atoms with Crippen LogP contribution in [0.4, 0.5) is 22.6 Å². The summed E-state index contributed by atoms with van der Waals surface area (Å²) in [6, 6.07) is 0. The smallest absolute Gasteiger partial charge is 0.269 e. The van der Waals surface area contributed by atoms with E-state index >= 15 is 0 Å². The van der Waals surface area contributed by atoms with E-state index in [1.807, 2.05) is 0 Å². The average molecular weight is 122 g/mol. The molecule has 0 aromatic heterocycles. The van der Waals surface area contributed by atoms with Crippen LogP contribution >= 0.6 is 0 Å². The van der Waals surface area contributed by atoms with Gasteiger partial charge in [-0.3, -0.25) is 9.41 Å². The van der Waals surface area contributed by atoms with Gasteiger partial charge < -0.3 is 0 Å². The zero-order valence-electron chi connectivity index (χ0n) is 3.45. The van der Waals surface area contributed by atoms with Gasteiger partial charge in [0.15, 0.2) is 0 Å². The van der Waals surface area contributed by atoms with Crippen molar-refractivity contribution in [3.05, 3.63) is 0 Å². The van der Waals surface area contributed by atoms with E-state index < -0.39 is 6.08 Å². The fourth-order valence-corrected chi connectivity index (χ4v) is 0. The Balaban J connectivity index is -0.0000000800. The number of halogens is 5. The molecule has 0 fully saturated rings. The van der Waals surface area contributed by atoms with Gasteiger partial charge in [0.2, 0.25) is 7.85 Å². The number of hydrogen-bond acceptors (Lipinski definition) is 0. The van der Waals surface area contributed by atoms with E-state index in [4.69, 9.17) is 0 Å². The van der Waals surface area contributed by atoms with Crippen molar-refractivity contribution in [1.29, 1.82) is 0 Å². The first-order valence-electron chi connectivity index (χ1n) is 1.07. The second-order valence-corrected chi connectivity index (χ2v) is 0.781. The Morgan fingerprint density at radius 2 is 1.00 bits per heavy atom. The number of rotatable bonds is 0. The molecule has 0 aromatic carbocycles. The lowest BCUT2D eigenvalue weighted by atomic mass is 10.2. The third-order valence-electron chi connectivity index (χ3n) is 0. The van der Waals surface area contributed by atoms with E-state index in [2.05, 4.69) is 0 Å². The Kier molecular flexibility index (Phi) is 8.83. The second kappa shape index (κ2) is 3.89. The molecule has 0 aliphatic carbocycles. The fraction of sp³-hybridized carbons (Fsp3) is 1.00. The highest BCUT2D eigenvalue weighted by Crippen LogP contribution is 2.05. The van der Waals surface area contributed by atoms with Crippen LogP contribution in [0.5, 0.6) is 0 Å². The molecule has 0 amide bonds. The molecule has 0 nitrogen and oxygen atoms in total. The van der Waals surface area contributed by atoms with Crippen molar-refractivity contribution in [1.82, 2.24) is 0 Å². The third-order valence-corrected chi connectivity index (χ3v) is 0. The highest BCUT2D eigenvalue weighted by molar-refractivity contribution is 6.11. The second-order valence-electron chi connectivity index (χ2n) is 0.781. The van der Waals surface area contributed by atoms with E-state index in [0.29, 0.717) is 0 Å². The van der Waals surface area contributed by atoms with Gasteiger partial charge >= 0.3 is 6.08 Å². The standard InChI is InChI=1S/CH2BF3.2FH/c2-1(3,4)5;;/h2H2;2*1H. The van der Waals surface area contributed by atoms with Gasteiger partial charge in [0, 0.05) is 0 Å². The van der Waals surface area contributed by atoms with Crippen LogP contribution in [0.3, 0.4) is 0 Å². The molecule has 0 heterocycles. The molecule has 0 aliphatic heterocycles. The lowest BCUT2D eigenvalue weighted by Crippen LogP contribution is -2.03. The van der Waals surface area contributed by atoms with E-state index in [1.54, 1.807) is 0 Å². The van der Waals surface area contributed by atoms with E-state index in [0.717, 1.165) is 0 Å². The first kappa shape index (κ1) is 15.9. The Morgan fingerprint density at radius 3 is 1.00 bits per heavy atom. The maximum atomic E-state index is 10.4. The topological polar surface area (TPSA) is 0 Å². The zero-order chi connectivity index (χ0) is 4.50. The van der Waals surface area contributed by atoms with Crippen LogP contribution in [0.1, 0.15) is 0 Å². The summed E-state index contributed by atoms with van der Waals surface area (Å²) < 4.78 is 31.1. The SMILES string of the molecule is BC(F)(F)F.F.F. The monoisotopic (exact) mass is 122 g/mol. The molecule has 0 radical (unpaired) electrons. The lowest BCUT2D eigenvalue weighted by Gasteiger charge is -1.89. The van der Waals surface area contributed by atoms with Gasteiger partial charge in [-0.25, -0.2) is 0 Å². The van der Waals surface area contributed by atoms with Gasteiger partial charge in [-0.2, -0.15) is 13.2 Å². The fourth-order valence-electron chi connectivity index (χ4n) is 0. The molecule has 0 aliphatic rings. The molecule has 0 rings (SSSR count). The van der Waals surface area contributed by atoms with E-state index in [9.17, 15) is 13.2 Å². The Bertz CT molecular complexity index is 23.6. The first-order chi connectivity index (χ1) is 2.00. The molecule has 0 saturated heterocycles. The number of hydrogen-bond donors (Lipinski definition) is 0. The summed E-state index contributed by atoms with van der Waals surface area (Å²) in [5.74, 6) is 0. The molecule has 0 N–H and O–H groups in total. The van der Waals surface area contributed by atoms with Gasteiger partial charge in [0.1, 0.15) is 0 Å². The molecule has 6 heteroatoms. The first-order valence-corrected chi connectivity index (χ1v) is 1.07. The summed E-state index contributed by atoms with van der Waals surface area (Å²) in [7, 11) is 0.188. The van der Waals surface area contributed by atoms with Crippen LogP contribution in [0.15, 0.2) is 0 Å². The maximum absolute atomic E-state index is 10.4. The molecule has 0 unspecified atom stereocenters. The third kappa shape index (κ3) is 971. The van der Waals surface area contributed by atoms with Crippen LogP contribution in [0.2, 0.25) is 0 Å². The van der Waals surface area contributed by atoms with Gasteiger partial charge in [0.05, 0.1) is 0 Å². The van der Waals surface area contributed by atoms with E-state index in [-0.39, 0.29) is 17.3 Å². The van der Waals surface area contributed by atoms with Crippen molar-refractivity contribution in [2.24, 2.45) is 0 Å². The highest BCUT2D eigenvalue weighted by Gasteiger charge is 2.15. The Labute approximate surface area is 37.8 Å². The molecule has 0 spiro atoms. The minimum Gasteiger partial charge on any atom is -0.269 e. The largest absolute Gasteiger partial charge is 0.337 e. The predicted molar refractivity (Wildman–Crippen MR) is 19.6 cm³/mol. The summed E-state index contributed by atoms with van der Waals surface area (Å²) in [6.45, 7) is 0. The Hall–Kier alpha value is -0.285. The maximum Gasteiger partial charge on any atom is 0.337 e. The van der Waals surface area contributed by atoms with Crippen molar-refractivity contribution < 1.29 is 22.6 Å². The van der Waals surface area contributed by atoms with Crippen molar-refractivity contribution in [3.8, 4) is 0 Å². The summed E-state index contributed by atoms with van der Waals surface area (Å²) >= 11 is 0. The Morgan fingerprint density at radius 1 is 1.00 bits per heavy atom. The zero-order valence-corrected chi connectivity index (χ0v) is 3.45. The molecule has 0 saturated carbocycles. The number of alkyl halides is 3. The van der Waals surface area contributed by atoms with Gasteiger partial charge in [-0.1, -0.05) is 0 Å². The summed E-state index contributed by atoms with van der Waals surface area (Å²) in [5, 5.41) is 0. The van der Waals surface area contributed by atoms with Crippen LogP contribution < -0.4 is 0 Å². The summed E-state index contributed by atoms with van der Waals surface area (Å²) in [6.07, 6.45) is -4.00. The van der Waals surface area contributed by atoms with Crippen molar-refractivity contribution in [3.63, 3.8) is 0 Å². The average Bonchev–Trinajstić information content (AvgIpc) is 0.722. The molecular weight excluding hydrogens is 118 g/mol. The predicted octanol–water partition coefficient (Wildman–Crippen LogP) is 0.444. The molecule has 7 heavy (non-hydrogen) atoms. The van der Waals surface area contributed by atoms with Crippen LogP contribution in [-0.4, -0.2) is 13.9 Å². The molecule has 46 valence electrons. The highest BCUT2D eigenvalue weighted by atomic mass is 19.4. The van der Waals surface area contributed by atoms with Gasteiger partial charge in [0.25, 0.3) is 0 Å². The minimum absolute atomic E-state index is 0. The quantitative estimate of drug-likeness (QED) is 0.323. The van der Waals surface area contributed by atoms with Crippen molar-refractivity contribution >= 4 is 7.85 Å². The van der Waals surface area contributed by atoms with Crippen LogP contribution in [0, 0.1) is 0 Å². The van der Waals surface area contributed by atoms with Gasteiger partial charge in [-0.15, -0.1) is 0 Å². The molecule has 0 bridgehead atoms. The molecule has 0 aromatic rings. The normalized spacial score (nSPS) is 8.43. The van der Waals surface area contributed by atoms with Gasteiger partial charge in [-0.05, 0) is 0 Å². The lowest BCUT2D eigenvalue weighted by molar-refractivity contribution is -0.0429. The summed E-state index contributed by atoms with van der Waals surface area (Å²) in [4.78, 5) is 0. The van der Waals surface area contributed by atoms with Crippen LogP contribution in [-0.2, 0) is 0 Å². The minimum atomic E-state index is -4.00. The van der Waals surface area contributed by atoms with Crippen molar-refractivity contribution in [2.75, 3.05) is 0 Å².